The maximum atomic E-state index is 4.52. The molecule has 0 saturated carbocycles. The zero-order valence-electron chi connectivity index (χ0n) is 12.0. The molecule has 0 fully saturated rings. The molecule has 0 spiro atoms. The van der Waals surface area contributed by atoms with Crippen molar-refractivity contribution in [1.82, 2.24) is 20.2 Å². The molecule has 104 valence electrons. The highest BCUT2D eigenvalue weighted by molar-refractivity contribution is 5.87. The van der Waals surface area contributed by atoms with Gasteiger partial charge in [-0.3, -0.25) is 5.10 Å². The molecule has 0 radical (unpaired) electrons. The van der Waals surface area contributed by atoms with E-state index in [1.807, 2.05) is 6.92 Å². The van der Waals surface area contributed by atoms with Gasteiger partial charge in [0.15, 0.2) is 5.65 Å². The first-order valence-electron chi connectivity index (χ1n) is 6.81. The van der Waals surface area contributed by atoms with Gasteiger partial charge in [0.2, 0.25) is 5.95 Å². The van der Waals surface area contributed by atoms with Crippen LogP contribution in [0.25, 0.3) is 11.0 Å². The maximum absolute atomic E-state index is 4.52. The largest absolute Gasteiger partial charge is 0.367 e. The Morgan fingerprint density at radius 2 is 2.05 bits per heavy atom. The van der Waals surface area contributed by atoms with Crippen LogP contribution in [0.4, 0.5) is 11.8 Å². The number of aromatic amines is 1. The number of hydrogen-bond donors (Lipinski definition) is 3. The van der Waals surface area contributed by atoms with E-state index in [-0.39, 0.29) is 0 Å². The van der Waals surface area contributed by atoms with Gasteiger partial charge in [0.05, 0.1) is 11.6 Å². The van der Waals surface area contributed by atoms with E-state index in [0.29, 0.717) is 17.9 Å². The van der Waals surface area contributed by atoms with Crippen molar-refractivity contribution in [3.05, 3.63) is 6.20 Å². The fourth-order valence-corrected chi connectivity index (χ4v) is 2.18. The summed E-state index contributed by atoms with van der Waals surface area (Å²) in [4.78, 5) is 8.89. The fourth-order valence-electron chi connectivity index (χ4n) is 2.18. The third kappa shape index (κ3) is 3.33. The Morgan fingerprint density at radius 1 is 1.26 bits per heavy atom. The number of hydrogen-bond acceptors (Lipinski definition) is 5. The summed E-state index contributed by atoms with van der Waals surface area (Å²) in [6.45, 7) is 9.42. The van der Waals surface area contributed by atoms with E-state index in [0.717, 1.165) is 29.8 Å². The summed E-state index contributed by atoms with van der Waals surface area (Å²) in [6, 6.07) is 0.363. The number of anilines is 2. The molecule has 2 aromatic rings. The smallest absolute Gasteiger partial charge is 0.226 e. The van der Waals surface area contributed by atoms with Crippen molar-refractivity contribution >= 4 is 22.8 Å². The van der Waals surface area contributed by atoms with Crippen LogP contribution in [-0.2, 0) is 0 Å². The Hall–Kier alpha value is -1.85. The molecule has 6 heteroatoms. The van der Waals surface area contributed by atoms with E-state index in [4.69, 9.17) is 0 Å². The minimum Gasteiger partial charge on any atom is -0.367 e. The van der Waals surface area contributed by atoms with E-state index in [1.54, 1.807) is 6.20 Å². The third-order valence-corrected chi connectivity index (χ3v) is 2.85. The summed E-state index contributed by atoms with van der Waals surface area (Å²) in [5, 5.41) is 14.4. The lowest BCUT2D eigenvalue weighted by molar-refractivity contribution is 0.539. The number of nitrogens with zero attached hydrogens (tertiary/aromatic N) is 3. The molecule has 2 aromatic heterocycles. The number of H-pyrrole nitrogens is 1. The minimum atomic E-state index is 0.363. The number of rotatable bonds is 6. The SMILES string of the molecule is CCNc1nc(NC(C)CC(C)C)c2cn[nH]c2n1. The quantitative estimate of drug-likeness (QED) is 0.746. The highest BCUT2D eigenvalue weighted by Gasteiger charge is 2.12. The van der Waals surface area contributed by atoms with Gasteiger partial charge in [-0.1, -0.05) is 13.8 Å². The van der Waals surface area contributed by atoms with Gasteiger partial charge in [-0.2, -0.15) is 15.1 Å². The molecule has 0 aromatic carbocycles. The number of aromatic nitrogens is 4. The molecule has 1 unspecified atom stereocenters. The summed E-state index contributed by atoms with van der Waals surface area (Å²) in [5.74, 6) is 2.11. The van der Waals surface area contributed by atoms with Gasteiger partial charge in [-0.25, -0.2) is 0 Å². The normalized spacial score (nSPS) is 12.9. The molecule has 6 nitrogen and oxygen atoms in total. The summed E-state index contributed by atoms with van der Waals surface area (Å²) in [5.41, 5.74) is 0.755. The molecule has 0 amide bonds. The van der Waals surface area contributed by atoms with Gasteiger partial charge in [-0.15, -0.1) is 0 Å². The fraction of sp³-hybridized carbons (Fsp3) is 0.615. The van der Waals surface area contributed by atoms with Crippen LogP contribution in [0.5, 0.6) is 0 Å². The minimum absolute atomic E-state index is 0.363. The molecular weight excluding hydrogens is 240 g/mol. The second-order valence-electron chi connectivity index (χ2n) is 5.23. The highest BCUT2D eigenvalue weighted by atomic mass is 15.2. The third-order valence-electron chi connectivity index (χ3n) is 2.85. The lowest BCUT2D eigenvalue weighted by Gasteiger charge is -2.17. The van der Waals surface area contributed by atoms with Gasteiger partial charge in [0.1, 0.15) is 5.82 Å². The molecule has 1 atom stereocenters. The van der Waals surface area contributed by atoms with E-state index in [9.17, 15) is 0 Å². The predicted octanol–water partition coefficient (Wildman–Crippen LogP) is 2.63. The molecule has 19 heavy (non-hydrogen) atoms. The van der Waals surface area contributed by atoms with Crippen molar-refractivity contribution in [3.8, 4) is 0 Å². The van der Waals surface area contributed by atoms with E-state index < -0.39 is 0 Å². The molecule has 0 aliphatic heterocycles. The molecule has 0 aliphatic carbocycles. The molecule has 2 rings (SSSR count). The van der Waals surface area contributed by atoms with Crippen molar-refractivity contribution in [2.24, 2.45) is 5.92 Å². The Bertz CT molecular complexity index is 533. The second-order valence-corrected chi connectivity index (χ2v) is 5.23. The first kappa shape index (κ1) is 13.6. The van der Waals surface area contributed by atoms with E-state index in [1.165, 1.54) is 0 Å². The topological polar surface area (TPSA) is 78.5 Å². The Balaban J connectivity index is 2.26. The monoisotopic (exact) mass is 262 g/mol. The maximum Gasteiger partial charge on any atom is 0.226 e. The molecular formula is C13H22N6. The van der Waals surface area contributed by atoms with Crippen LogP contribution in [-0.4, -0.2) is 32.8 Å². The van der Waals surface area contributed by atoms with Gasteiger partial charge >= 0.3 is 0 Å². The van der Waals surface area contributed by atoms with E-state index in [2.05, 4.69) is 51.6 Å². The van der Waals surface area contributed by atoms with Crippen molar-refractivity contribution in [1.29, 1.82) is 0 Å². The summed E-state index contributed by atoms with van der Waals surface area (Å²) >= 11 is 0. The zero-order chi connectivity index (χ0) is 13.8. The molecule has 0 saturated heterocycles. The van der Waals surface area contributed by atoms with Crippen LogP contribution in [0.3, 0.4) is 0 Å². The highest BCUT2D eigenvalue weighted by Crippen LogP contribution is 2.21. The van der Waals surface area contributed by atoms with Crippen LogP contribution in [0.1, 0.15) is 34.1 Å². The molecule has 0 aliphatic rings. The van der Waals surface area contributed by atoms with Crippen LogP contribution < -0.4 is 10.6 Å². The van der Waals surface area contributed by atoms with Crippen molar-refractivity contribution in [2.45, 2.75) is 40.2 Å². The lowest BCUT2D eigenvalue weighted by Crippen LogP contribution is -2.19. The van der Waals surface area contributed by atoms with Crippen molar-refractivity contribution in [2.75, 3.05) is 17.2 Å². The summed E-state index contributed by atoms with van der Waals surface area (Å²) in [6.07, 6.45) is 2.86. The zero-order valence-corrected chi connectivity index (χ0v) is 12.0. The van der Waals surface area contributed by atoms with Gasteiger partial charge < -0.3 is 10.6 Å². The Morgan fingerprint density at radius 3 is 2.74 bits per heavy atom. The first-order valence-corrected chi connectivity index (χ1v) is 6.81. The van der Waals surface area contributed by atoms with Crippen LogP contribution in [0.15, 0.2) is 6.20 Å². The van der Waals surface area contributed by atoms with Crippen molar-refractivity contribution in [3.63, 3.8) is 0 Å². The average Bonchev–Trinajstić information content (AvgIpc) is 2.76. The lowest BCUT2D eigenvalue weighted by atomic mass is 10.1. The summed E-state index contributed by atoms with van der Waals surface area (Å²) in [7, 11) is 0. The number of fused-ring (bicyclic) bond motifs is 1. The van der Waals surface area contributed by atoms with Gasteiger partial charge in [0.25, 0.3) is 0 Å². The van der Waals surface area contributed by atoms with E-state index >= 15 is 0 Å². The van der Waals surface area contributed by atoms with Crippen LogP contribution in [0.2, 0.25) is 0 Å². The molecule has 2 heterocycles. The Labute approximate surface area is 113 Å². The first-order chi connectivity index (χ1) is 9.10. The Kier molecular flexibility index (Phi) is 4.19. The number of nitrogens with one attached hydrogen (secondary N) is 3. The van der Waals surface area contributed by atoms with Crippen LogP contribution in [0, 0.1) is 5.92 Å². The standard InChI is InChI=1S/C13H22N6/c1-5-14-13-17-11(16-9(4)6-8(2)3)10-7-15-19-12(10)18-13/h7-9H,5-6H2,1-4H3,(H3,14,15,16,17,18,19). The van der Waals surface area contributed by atoms with Crippen molar-refractivity contribution < 1.29 is 0 Å². The van der Waals surface area contributed by atoms with Gasteiger partial charge in [0, 0.05) is 12.6 Å². The summed E-state index contributed by atoms with van der Waals surface area (Å²) < 4.78 is 0. The predicted molar refractivity (Wildman–Crippen MR) is 78.4 cm³/mol. The second kappa shape index (κ2) is 5.86. The molecule has 3 N–H and O–H groups in total. The molecule has 0 bridgehead atoms. The average molecular weight is 262 g/mol. The van der Waals surface area contributed by atoms with Crippen LogP contribution >= 0.6 is 0 Å². The van der Waals surface area contributed by atoms with Gasteiger partial charge in [-0.05, 0) is 26.2 Å².